The van der Waals surface area contributed by atoms with Gasteiger partial charge in [0.25, 0.3) is 0 Å². The zero-order valence-electron chi connectivity index (χ0n) is 11.9. The van der Waals surface area contributed by atoms with Crippen molar-refractivity contribution in [3.05, 3.63) is 24.3 Å². The van der Waals surface area contributed by atoms with E-state index in [1.807, 2.05) is 6.92 Å². The van der Waals surface area contributed by atoms with Crippen LogP contribution in [0.3, 0.4) is 0 Å². The van der Waals surface area contributed by atoms with Gasteiger partial charge in [-0.3, -0.25) is 4.79 Å². The molecule has 5 nitrogen and oxygen atoms in total. The molecule has 0 aromatic heterocycles. The largest absolute Gasteiger partial charge is 0.508 e. The molecule has 1 heterocycles. The topological polar surface area (TPSA) is 74.7 Å². The number of thioether (sulfide) groups is 1. The fourth-order valence-electron chi connectivity index (χ4n) is 2.43. The summed E-state index contributed by atoms with van der Waals surface area (Å²) in [5.41, 5.74) is 0. The molecule has 0 aliphatic carbocycles. The molecule has 1 N–H and O–H groups in total. The third-order valence-corrected chi connectivity index (χ3v) is 6.26. The van der Waals surface area contributed by atoms with E-state index in [9.17, 15) is 18.3 Å². The average Bonchev–Trinajstić information content (AvgIpc) is 2.79. The van der Waals surface area contributed by atoms with Gasteiger partial charge < -0.3 is 10.0 Å². The molecule has 1 aromatic carbocycles. The summed E-state index contributed by atoms with van der Waals surface area (Å²) in [4.78, 5) is 14.8. The van der Waals surface area contributed by atoms with Crippen molar-refractivity contribution in [3.8, 4) is 5.75 Å². The molecule has 2 rings (SSSR count). The minimum atomic E-state index is -2.98. The van der Waals surface area contributed by atoms with Crippen molar-refractivity contribution in [2.45, 2.75) is 24.3 Å². The van der Waals surface area contributed by atoms with Crippen LogP contribution in [-0.4, -0.2) is 54.2 Å². The Morgan fingerprint density at radius 1 is 1.38 bits per heavy atom. The van der Waals surface area contributed by atoms with Gasteiger partial charge in [-0.05, 0) is 37.6 Å². The van der Waals surface area contributed by atoms with Crippen LogP contribution in [0.25, 0.3) is 0 Å². The lowest BCUT2D eigenvalue weighted by Gasteiger charge is -2.26. The second kappa shape index (κ2) is 6.70. The molecule has 1 aliphatic rings. The van der Waals surface area contributed by atoms with Gasteiger partial charge in [-0.2, -0.15) is 0 Å². The molecule has 1 atom stereocenters. The van der Waals surface area contributed by atoms with Gasteiger partial charge in [0.2, 0.25) is 5.91 Å². The summed E-state index contributed by atoms with van der Waals surface area (Å²) in [6.07, 6.45) is 0.534. The molecule has 7 heteroatoms. The van der Waals surface area contributed by atoms with E-state index in [2.05, 4.69) is 0 Å². The van der Waals surface area contributed by atoms with Crippen molar-refractivity contribution in [3.63, 3.8) is 0 Å². The number of aromatic hydroxyl groups is 1. The molecular formula is C14H19NO4S2. The lowest BCUT2D eigenvalue weighted by Crippen LogP contribution is -2.41. The molecule has 0 bridgehead atoms. The molecule has 0 radical (unpaired) electrons. The van der Waals surface area contributed by atoms with Gasteiger partial charge in [0.1, 0.15) is 5.75 Å². The summed E-state index contributed by atoms with van der Waals surface area (Å²) < 4.78 is 23.1. The van der Waals surface area contributed by atoms with Crippen LogP contribution < -0.4 is 0 Å². The second-order valence-corrected chi connectivity index (χ2v) is 8.30. The van der Waals surface area contributed by atoms with Gasteiger partial charge >= 0.3 is 0 Å². The van der Waals surface area contributed by atoms with E-state index in [1.54, 1.807) is 29.2 Å². The predicted molar refractivity (Wildman–Crippen MR) is 83.3 cm³/mol. The molecule has 1 saturated heterocycles. The highest BCUT2D eigenvalue weighted by Gasteiger charge is 2.33. The summed E-state index contributed by atoms with van der Waals surface area (Å²) in [5, 5.41) is 9.21. The van der Waals surface area contributed by atoms with E-state index in [-0.39, 0.29) is 35.0 Å². The number of benzene rings is 1. The van der Waals surface area contributed by atoms with Crippen LogP contribution in [0.2, 0.25) is 0 Å². The van der Waals surface area contributed by atoms with Crippen molar-refractivity contribution in [2.24, 2.45) is 0 Å². The summed E-state index contributed by atoms with van der Waals surface area (Å²) in [6.45, 7) is 2.39. The first-order valence-corrected chi connectivity index (χ1v) is 9.63. The molecule has 21 heavy (non-hydrogen) atoms. The Kier molecular flexibility index (Phi) is 5.16. The first-order valence-electron chi connectivity index (χ1n) is 6.83. The second-order valence-electron chi connectivity index (χ2n) is 5.02. The first kappa shape index (κ1) is 16.2. The van der Waals surface area contributed by atoms with Crippen molar-refractivity contribution >= 4 is 27.5 Å². The molecule has 1 unspecified atom stereocenters. The fourth-order valence-corrected chi connectivity index (χ4v) is 4.94. The fraction of sp³-hybridized carbons (Fsp3) is 0.500. The Morgan fingerprint density at radius 3 is 2.57 bits per heavy atom. The van der Waals surface area contributed by atoms with Gasteiger partial charge in [0.05, 0.1) is 17.3 Å². The smallest absolute Gasteiger partial charge is 0.233 e. The van der Waals surface area contributed by atoms with Gasteiger partial charge in [-0.1, -0.05) is 0 Å². The molecule has 1 fully saturated rings. The first-order chi connectivity index (χ1) is 9.91. The zero-order chi connectivity index (χ0) is 15.5. The average molecular weight is 329 g/mol. The van der Waals surface area contributed by atoms with Gasteiger partial charge in [-0.15, -0.1) is 11.8 Å². The highest BCUT2D eigenvalue weighted by atomic mass is 32.2. The van der Waals surface area contributed by atoms with E-state index in [1.165, 1.54) is 11.8 Å². The number of hydrogen-bond donors (Lipinski definition) is 1. The van der Waals surface area contributed by atoms with Crippen LogP contribution in [0.1, 0.15) is 13.3 Å². The number of hydrogen-bond acceptors (Lipinski definition) is 5. The minimum absolute atomic E-state index is 0.0438. The third-order valence-electron chi connectivity index (χ3n) is 3.51. The van der Waals surface area contributed by atoms with Crippen molar-refractivity contribution in [2.75, 3.05) is 23.8 Å². The van der Waals surface area contributed by atoms with E-state index in [0.717, 1.165) is 4.90 Å². The maximum Gasteiger partial charge on any atom is 0.233 e. The summed E-state index contributed by atoms with van der Waals surface area (Å²) >= 11 is 1.39. The standard InChI is InChI=1S/C14H19NO4S2/c1-2-15(11-7-8-21(18,19)10-11)14(17)9-20-13-5-3-12(16)4-6-13/h3-6,11,16H,2,7-10H2,1H3. The Bertz CT molecular complexity index is 598. The number of carbonyl (C=O) groups is 1. The van der Waals surface area contributed by atoms with Gasteiger partial charge in [-0.25, -0.2) is 8.42 Å². The Hall–Kier alpha value is -1.21. The zero-order valence-corrected chi connectivity index (χ0v) is 13.5. The monoisotopic (exact) mass is 329 g/mol. The molecular weight excluding hydrogens is 310 g/mol. The van der Waals surface area contributed by atoms with Crippen LogP contribution in [0, 0.1) is 0 Å². The number of carbonyl (C=O) groups excluding carboxylic acids is 1. The maximum absolute atomic E-state index is 12.3. The highest BCUT2D eigenvalue weighted by Crippen LogP contribution is 2.23. The normalized spacial score (nSPS) is 20.3. The molecule has 1 aliphatic heterocycles. The van der Waals surface area contributed by atoms with Crippen LogP contribution in [0.4, 0.5) is 0 Å². The predicted octanol–water partition coefficient (Wildman–Crippen LogP) is 1.52. The molecule has 1 amide bonds. The number of rotatable bonds is 5. The lowest BCUT2D eigenvalue weighted by molar-refractivity contribution is -0.129. The Labute approximate surface area is 129 Å². The highest BCUT2D eigenvalue weighted by molar-refractivity contribution is 8.00. The lowest BCUT2D eigenvalue weighted by atomic mass is 10.2. The summed E-state index contributed by atoms with van der Waals surface area (Å²) in [6, 6.07) is 6.47. The molecule has 116 valence electrons. The summed E-state index contributed by atoms with van der Waals surface area (Å²) in [7, 11) is -2.98. The Balaban J connectivity index is 1.93. The third kappa shape index (κ3) is 4.38. The van der Waals surface area contributed by atoms with Gasteiger partial charge in [0, 0.05) is 17.5 Å². The number of phenolic OH excluding ortho intramolecular Hbond substituents is 1. The number of amides is 1. The van der Waals surface area contributed by atoms with E-state index < -0.39 is 9.84 Å². The maximum atomic E-state index is 12.3. The summed E-state index contributed by atoms with van der Waals surface area (Å²) in [5.74, 6) is 0.674. The van der Waals surface area contributed by atoms with Crippen LogP contribution in [-0.2, 0) is 14.6 Å². The van der Waals surface area contributed by atoms with Crippen molar-refractivity contribution in [1.82, 2.24) is 4.90 Å². The van der Waals surface area contributed by atoms with Crippen molar-refractivity contribution < 1.29 is 18.3 Å². The van der Waals surface area contributed by atoms with E-state index in [0.29, 0.717) is 13.0 Å². The van der Waals surface area contributed by atoms with Crippen molar-refractivity contribution in [1.29, 1.82) is 0 Å². The van der Waals surface area contributed by atoms with E-state index >= 15 is 0 Å². The Morgan fingerprint density at radius 2 is 2.05 bits per heavy atom. The van der Waals surface area contributed by atoms with E-state index in [4.69, 9.17) is 0 Å². The molecule has 0 saturated carbocycles. The van der Waals surface area contributed by atoms with Crippen LogP contribution in [0.15, 0.2) is 29.2 Å². The molecule has 1 aromatic rings. The quantitative estimate of drug-likeness (QED) is 0.829. The van der Waals surface area contributed by atoms with Crippen LogP contribution >= 0.6 is 11.8 Å². The molecule has 0 spiro atoms. The number of phenols is 1. The SMILES string of the molecule is CCN(C(=O)CSc1ccc(O)cc1)C1CCS(=O)(=O)C1. The number of nitrogens with zero attached hydrogens (tertiary/aromatic N) is 1. The minimum Gasteiger partial charge on any atom is -0.508 e. The number of sulfone groups is 1. The van der Waals surface area contributed by atoms with Gasteiger partial charge in [0.15, 0.2) is 9.84 Å². The van der Waals surface area contributed by atoms with Crippen LogP contribution in [0.5, 0.6) is 5.75 Å².